The summed E-state index contributed by atoms with van der Waals surface area (Å²) in [5, 5.41) is 0. The van der Waals surface area contributed by atoms with Gasteiger partial charge in [0.05, 0.1) is 0 Å². The van der Waals surface area contributed by atoms with Gasteiger partial charge >= 0.3 is 0 Å². The Morgan fingerprint density at radius 3 is 2.65 bits per heavy atom. The summed E-state index contributed by atoms with van der Waals surface area (Å²) in [6.45, 7) is 3.87. The normalized spacial score (nSPS) is 30.8. The minimum absolute atomic E-state index is 0.180. The van der Waals surface area contributed by atoms with Crippen LogP contribution in [0.3, 0.4) is 0 Å². The van der Waals surface area contributed by atoms with E-state index >= 15 is 0 Å². The third kappa shape index (κ3) is 3.44. The van der Waals surface area contributed by atoms with Crippen molar-refractivity contribution in [1.29, 1.82) is 0 Å². The molecule has 1 aliphatic heterocycles. The molecule has 17 heavy (non-hydrogen) atoms. The van der Waals surface area contributed by atoms with E-state index in [1.54, 1.807) is 0 Å². The van der Waals surface area contributed by atoms with Gasteiger partial charge in [0.2, 0.25) is 5.91 Å². The molecule has 0 aromatic rings. The lowest BCUT2D eigenvalue weighted by Gasteiger charge is -2.35. The maximum Gasteiger partial charge on any atom is 0.222 e. The van der Waals surface area contributed by atoms with Gasteiger partial charge in [0.1, 0.15) is 0 Å². The Bertz CT molecular complexity index is 261. The molecule has 2 atom stereocenters. The lowest BCUT2D eigenvalue weighted by molar-refractivity contribution is -0.133. The van der Waals surface area contributed by atoms with E-state index in [9.17, 15) is 4.79 Å². The molecule has 2 rings (SSSR count). The van der Waals surface area contributed by atoms with Crippen molar-refractivity contribution in [2.45, 2.75) is 57.9 Å². The maximum atomic E-state index is 12.1. The zero-order valence-corrected chi connectivity index (χ0v) is 11.0. The van der Waals surface area contributed by atoms with Gasteiger partial charge in [0.15, 0.2) is 0 Å². The van der Waals surface area contributed by atoms with Crippen LogP contribution in [-0.4, -0.2) is 29.9 Å². The second-order valence-electron chi connectivity index (χ2n) is 5.96. The molecular formula is C14H26N2O. The largest absolute Gasteiger partial charge is 0.341 e. The molecule has 0 aromatic heterocycles. The first-order chi connectivity index (χ1) is 8.16. The van der Waals surface area contributed by atoms with E-state index in [2.05, 4.69) is 6.92 Å². The highest BCUT2D eigenvalue weighted by Gasteiger charge is 2.26. The number of hydrogen-bond donors (Lipinski definition) is 1. The van der Waals surface area contributed by atoms with Gasteiger partial charge in [-0.1, -0.05) is 32.6 Å². The molecule has 2 N–H and O–H groups in total. The van der Waals surface area contributed by atoms with Crippen molar-refractivity contribution in [3.63, 3.8) is 0 Å². The molecule has 1 saturated carbocycles. The molecule has 3 heteroatoms. The highest BCUT2D eigenvalue weighted by molar-refractivity contribution is 5.76. The number of likely N-dealkylation sites (tertiary alicyclic amines) is 1. The van der Waals surface area contributed by atoms with Crippen molar-refractivity contribution in [2.75, 3.05) is 13.1 Å². The van der Waals surface area contributed by atoms with Gasteiger partial charge in [-0.15, -0.1) is 0 Å². The molecular weight excluding hydrogens is 212 g/mol. The second kappa shape index (κ2) is 5.85. The Morgan fingerprint density at radius 1 is 1.29 bits per heavy atom. The summed E-state index contributed by atoms with van der Waals surface area (Å²) >= 11 is 0. The van der Waals surface area contributed by atoms with Crippen LogP contribution in [0.15, 0.2) is 0 Å². The molecule has 0 aromatic carbocycles. The molecule has 2 fully saturated rings. The van der Waals surface area contributed by atoms with Gasteiger partial charge in [-0.3, -0.25) is 4.79 Å². The van der Waals surface area contributed by atoms with E-state index in [0.29, 0.717) is 11.8 Å². The van der Waals surface area contributed by atoms with E-state index in [1.807, 2.05) is 4.90 Å². The van der Waals surface area contributed by atoms with Crippen LogP contribution in [-0.2, 0) is 4.79 Å². The van der Waals surface area contributed by atoms with Crippen molar-refractivity contribution >= 4 is 5.91 Å². The quantitative estimate of drug-likeness (QED) is 0.819. The van der Waals surface area contributed by atoms with E-state index in [0.717, 1.165) is 38.3 Å². The Labute approximate surface area is 105 Å². The van der Waals surface area contributed by atoms with Crippen LogP contribution in [0, 0.1) is 11.8 Å². The first kappa shape index (κ1) is 12.9. The predicted octanol–water partition coefficient (Wildman–Crippen LogP) is 2.15. The number of carbonyl (C=O) groups excluding carboxylic acids is 1. The summed E-state index contributed by atoms with van der Waals surface area (Å²) in [5.41, 5.74) is 6.03. The first-order valence-electron chi connectivity index (χ1n) is 7.20. The van der Waals surface area contributed by atoms with Crippen LogP contribution in [0.2, 0.25) is 0 Å². The molecule has 1 heterocycles. The maximum absolute atomic E-state index is 12.1. The highest BCUT2D eigenvalue weighted by atomic mass is 16.2. The fraction of sp³-hybridized carbons (Fsp3) is 0.929. The van der Waals surface area contributed by atoms with Crippen LogP contribution in [0.5, 0.6) is 0 Å². The molecule has 1 aliphatic carbocycles. The third-order valence-electron chi connectivity index (χ3n) is 4.61. The van der Waals surface area contributed by atoms with Crippen molar-refractivity contribution < 1.29 is 4.79 Å². The Kier molecular flexibility index (Phi) is 4.43. The molecule has 3 nitrogen and oxygen atoms in total. The molecule has 0 radical (unpaired) electrons. The zero-order valence-electron chi connectivity index (χ0n) is 11.0. The average molecular weight is 238 g/mol. The first-order valence-corrected chi connectivity index (χ1v) is 7.20. The van der Waals surface area contributed by atoms with Crippen LogP contribution in [0.25, 0.3) is 0 Å². The minimum atomic E-state index is 0.180. The number of hydrogen-bond acceptors (Lipinski definition) is 2. The van der Waals surface area contributed by atoms with Gasteiger partial charge in [-0.25, -0.2) is 0 Å². The molecule has 0 spiro atoms. The van der Waals surface area contributed by atoms with Gasteiger partial charge in [-0.05, 0) is 24.7 Å². The summed E-state index contributed by atoms with van der Waals surface area (Å²) in [7, 11) is 0. The fourth-order valence-corrected chi connectivity index (χ4v) is 3.11. The van der Waals surface area contributed by atoms with Gasteiger partial charge in [0, 0.05) is 25.6 Å². The third-order valence-corrected chi connectivity index (χ3v) is 4.61. The lowest BCUT2D eigenvalue weighted by atomic mass is 9.93. The topological polar surface area (TPSA) is 46.3 Å². The lowest BCUT2D eigenvalue weighted by Crippen LogP contribution is -2.49. The monoisotopic (exact) mass is 238 g/mol. The number of nitrogens with two attached hydrogens (primary N) is 1. The minimum Gasteiger partial charge on any atom is -0.341 e. The van der Waals surface area contributed by atoms with Crippen LogP contribution >= 0.6 is 0 Å². The number of rotatable bonds is 3. The van der Waals surface area contributed by atoms with Crippen molar-refractivity contribution in [1.82, 2.24) is 4.90 Å². The average Bonchev–Trinajstić information content (AvgIpc) is 2.82. The van der Waals surface area contributed by atoms with Crippen molar-refractivity contribution in [2.24, 2.45) is 17.6 Å². The molecule has 2 aliphatic rings. The Hall–Kier alpha value is -0.570. The van der Waals surface area contributed by atoms with Gasteiger partial charge in [-0.2, -0.15) is 0 Å². The fourth-order valence-electron chi connectivity index (χ4n) is 3.11. The summed E-state index contributed by atoms with van der Waals surface area (Å²) < 4.78 is 0. The highest BCUT2D eigenvalue weighted by Crippen LogP contribution is 2.29. The number of carbonyl (C=O) groups is 1. The molecule has 2 unspecified atom stereocenters. The second-order valence-corrected chi connectivity index (χ2v) is 5.96. The molecule has 98 valence electrons. The van der Waals surface area contributed by atoms with Gasteiger partial charge in [0.25, 0.3) is 0 Å². The Morgan fingerprint density at radius 2 is 2.00 bits per heavy atom. The van der Waals surface area contributed by atoms with Crippen LogP contribution in [0.4, 0.5) is 0 Å². The molecule has 0 bridgehead atoms. The number of nitrogens with zero attached hydrogens (tertiary/aromatic N) is 1. The smallest absolute Gasteiger partial charge is 0.222 e. The van der Waals surface area contributed by atoms with E-state index in [4.69, 9.17) is 5.73 Å². The summed E-state index contributed by atoms with van der Waals surface area (Å²) in [6, 6.07) is 0.180. The zero-order chi connectivity index (χ0) is 12.3. The van der Waals surface area contributed by atoms with Gasteiger partial charge < -0.3 is 10.6 Å². The number of piperidine rings is 1. The SMILES string of the molecule is CC1CCN(C(=O)CCC2CCCC2)CC1N. The van der Waals surface area contributed by atoms with E-state index in [1.165, 1.54) is 25.7 Å². The van der Waals surface area contributed by atoms with E-state index < -0.39 is 0 Å². The van der Waals surface area contributed by atoms with Crippen molar-refractivity contribution in [3.05, 3.63) is 0 Å². The van der Waals surface area contributed by atoms with Crippen LogP contribution < -0.4 is 5.73 Å². The van der Waals surface area contributed by atoms with E-state index in [-0.39, 0.29) is 6.04 Å². The Balaban J connectivity index is 1.72. The molecule has 1 saturated heterocycles. The van der Waals surface area contributed by atoms with Crippen molar-refractivity contribution in [3.8, 4) is 0 Å². The summed E-state index contributed by atoms with van der Waals surface area (Å²) in [4.78, 5) is 14.1. The summed E-state index contributed by atoms with van der Waals surface area (Å²) in [5.74, 6) is 1.71. The predicted molar refractivity (Wildman–Crippen MR) is 69.5 cm³/mol. The number of amides is 1. The van der Waals surface area contributed by atoms with Crippen LogP contribution in [0.1, 0.15) is 51.9 Å². The standard InChI is InChI=1S/C14H26N2O/c1-11-8-9-16(10-13(11)15)14(17)7-6-12-4-2-3-5-12/h11-13H,2-10,15H2,1H3. The summed E-state index contributed by atoms with van der Waals surface area (Å²) in [6.07, 6.45) is 8.31. The molecule has 1 amide bonds.